The second-order valence-corrected chi connectivity index (χ2v) is 5.55. The Bertz CT molecular complexity index is 656. The molecule has 3 nitrogen and oxygen atoms in total. The SMILES string of the molecule is Cc1ccc(N)c(SCC(=O)Nc2cc(F)cc(F)c2)c1. The van der Waals surface area contributed by atoms with Gasteiger partial charge in [0.2, 0.25) is 5.91 Å². The molecule has 0 aliphatic carbocycles. The van der Waals surface area contributed by atoms with Gasteiger partial charge in [-0.25, -0.2) is 8.78 Å². The first kappa shape index (κ1) is 15.3. The molecule has 110 valence electrons. The maximum Gasteiger partial charge on any atom is 0.234 e. The summed E-state index contributed by atoms with van der Waals surface area (Å²) in [5.74, 6) is -1.72. The Morgan fingerprint density at radius 2 is 1.86 bits per heavy atom. The van der Waals surface area contributed by atoms with E-state index in [0.717, 1.165) is 28.7 Å². The molecule has 0 unspecified atom stereocenters. The van der Waals surface area contributed by atoms with Crippen molar-refractivity contribution in [1.82, 2.24) is 0 Å². The van der Waals surface area contributed by atoms with Crippen LogP contribution in [0.4, 0.5) is 20.2 Å². The Balaban J connectivity index is 1.97. The van der Waals surface area contributed by atoms with Gasteiger partial charge in [0.15, 0.2) is 0 Å². The number of nitrogens with one attached hydrogen (secondary N) is 1. The lowest BCUT2D eigenvalue weighted by Gasteiger charge is -2.08. The summed E-state index contributed by atoms with van der Waals surface area (Å²) in [5, 5.41) is 2.45. The van der Waals surface area contributed by atoms with Crippen molar-refractivity contribution in [3.8, 4) is 0 Å². The topological polar surface area (TPSA) is 55.1 Å². The summed E-state index contributed by atoms with van der Waals surface area (Å²) in [6.07, 6.45) is 0. The Labute approximate surface area is 125 Å². The van der Waals surface area contributed by atoms with E-state index in [1.807, 2.05) is 19.1 Å². The van der Waals surface area contributed by atoms with Crippen LogP contribution < -0.4 is 11.1 Å². The zero-order valence-corrected chi connectivity index (χ0v) is 12.1. The van der Waals surface area contributed by atoms with Crippen LogP contribution in [0.1, 0.15) is 5.56 Å². The highest BCUT2D eigenvalue weighted by Gasteiger charge is 2.08. The molecule has 0 heterocycles. The number of rotatable bonds is 4. The van der Waals surface area contributed by atoms with Crippen LogP contribution in [0.15, 0.2) is 41.3 Å². The third kappa shape index (κ3) is 4.46. The van der Waals surface area contributed by atoms with Gasteiger partial charge in [0.1, 0.15) is 11.6 Å². The molecule has 0 spiro atoms. The molecule has 0 aliphatic heterocycles. The lowest BCUT2D eigenvalue weighted by Crippen LogP contribution is -2.14. The van der Waals surface area contributed by atoms with Crippen LogP contribution >= 0.6 is 11.8 Å². The predicted octanol–water partition coefficient (Wildman–Crippen LogP) is 3.59. The minimum absolute atomic E-state index is 0.0929. The van der Waals surface area contributed by atoms with Gasteiger partial charge in [0, 0.05) is 22.3 Å². The molecule has 1 amide bonds. The van der Waals surface area contributed by atoms with Crippen LogP contribution in [0.25, 0.3) is 0 Å². The maximum atomic E-state index is 13.0. The molecule has 0 saturated heterocycles. The van der Waals surface area contributed by atoms with E-state index in [1.165, 1.54) is 11.8 Å². The highest BCUT2D eigenvalue weighted by atomic mass is 32.2. The number of benzene rings is 2. The summed E-state index contributed by atoms with van der Waals surface area (Å²) >= 11 is 1.27. The van der Waals surface area contributed by atoms with E-state index in [1.54, 1.807) is 6.07 Å². The summed E-state index contributed by atoms with van der Waals surface area (Å²) < 4.78 is 26.0. The average Bonchev–Trinajstić information content (AvgIpc) is 2.38. The Morgan fingerprint density at radius 1 is 1.19 bits per heavy atom. The number of hydrogen-bond acceptors (Lipinski definition) is 3. The Morgan fingerprint density at radius 3 is 2.52 bits per heavy atom. The van der Waals surface area contributed by atoms with E-state index in [2.05, 4.69) is 5.32 Å². The first-order chi connectivity index (χ1) is 9.94. The second kappa shape index (κ2) is 6.58. The van der Waals surface area contributed by atoms with Gasteiger partial charge in [0.05, 0.1) is 5.75 Å². The number of aryl methyl sites for hydroxylation is 1. The van der Waals surface area contributed by atoms with Gasteiger partial charge >= 0.3 is 0 Å². The van der Waals surface area contributed by atoms with E-state index in [-0.39, 0.29) is 17.3 Å². The largest absolute Gasteiger partial charge is 0.398 e. The van der Waals surface area contributed by atoms with Gasteiger partial charge in [-0.05, 0) is 36.8 Å². The summed E-state index contributed by atoms with van der Waals surface area (Å²) in [6.45, 7) is 1.93. The van der Waals surface area contributed by atoms with E-state index in [0.29, 0.717) is 5.69 Å². The van der Waals surface area contributed by atoms with Crippen LogP contribution in [0.3, 0.4) is 0 Å². The Kier molecular flexibility index (Phi) is 4.80. The fourth-order valence-corrected chi connectivity index (χ4v) is 2.60. The minimum atomic E-state index is -0.735. The van der Waals surface area contributed by atoms with Crippen molar-refractivity contribution in [3.63, 3.8) is 0 Å². The van der Waals surface area contributed by atoms with E-state index in [4.69, 9.17) is 5.73 Å². The van der Waals surface area contributed by atoms with Gasteiger partial charge in [-0.2, -0.15) is 0 Å². The summed E-state index contributed by atoms with van der Waals surface area (Å²) in [7, 11) is 0. The third-order valence-corrected chi connectivity index (χ3v) is 3.75. The zero-order chi connectivity index (χ0) is 15.4. The van der Waals surface area contributed by atoms with Crippen molar-refractivity contribution < 1.29 is 13.6 Å². The Hall–Kier alpha value is -2.08. The van der Waals surface area contributed by atoms with Crippen LogP contribution in [0.5, 0.6) is 0 Å². The molecule has 0 radical (unpaired) electrons. The summed E-state index contributed by atoms with van der Waals surface area (Å²) in [5.41, 5.74) is 7.54. The first-order valence-electron chi connectivity index (χ1n) is 6.19. The summed E-state index contributed by atoms with van der Waals surface area (Å²) in [4.78, 5) is 12.6. The molecule has 2 aromatic rings. The van der Waals surface area contributed by atoms with Crippen LogP contribution in [-0.2, 0) is 4.79 Å². The van der Waals surface area contributed by atoms with Crippen LogP contribution in [-0.4, -0.2) is 11.7 Å². The fraction of sp³-hybridized carbons (Fsp3) is 0.133. The van der Waals surface area contributed by atoms with Gasteiger partial charge < -0.3 is 11.1 Å². The zero-order valence-electron chi connectivity index (χ0n) is 11.3. The molecule has 0 saturated carbocycles. The van der Waals surface area contributed by atoms with E-state index >= 15 is 0 Å². The van der Waals surface area contributed by atoms with Crippen molar-refractivity contribution in [3.05, 3.63) is 53.6 Å². The molecular weight excluding hydrogens is 294 g/mol. The number of hydrogen-bond donors (Lipinski definition) is 2. The van der Waals surface area contributed by atoms with Crippen molar-refractivity contribution in [1.29, 1.82) is 0 Å². The standard InChI is InChI=1S/C15H14F2N2OS/c1-9-2-3-13(18)14(4-9)21-8-15(20)19-12-6-10(16)5-11(17)7-12/h2-7H,8,18H2,1H3,(H,19,20). The molecule has 2 aromatic carbocycles. The number of carbonyl (C=O) groups is 1. The molecule has 0 bridgehead atoms. The second-order valence-electron chi connectivity index (χ2n) is 4.54. The maximum absolute atomic E-state index is 13.0. The molecule has 0 aromatic heterocycles. The number of halogens is 2. The molecule has 3 N–H and O–H groups in total. The molecule has 21 heavy (non-hydrogen) atoms. The van der Waals surface area contributed by atoms with Crippen molar-refractivity contribution in [2.75, 3.05) is 16.8 Å². The normalized spacial score (nSPS) is 10.4. The number of carbonyl (C=O) groups excluding carboxylic acids is 1. The average molecular weight is 308 g/mol. The van der Waals surface area contributed by atoms with Crippen molar-refractivity contribution in [2.24, 2.45) is 0 Å². The summed E-state index contributed by atoms with van der Waals surface area (Å²) in [6, 6.07) is 8.42. The van der Waals surface area contributed by atoms with Crippen molar-refractivity contribution in [2.45, 2.75) is 11.8 Å². The van der Waals surface area contributed by atoms with Crippen LogP contribution in [0.2, 0.25) is 0 Å². The molecule has 6 heteroatoms. The third-order valence-electron chi connectivity index (χ3n) is 2.67. The predicted molar refractivity (Wildman–Crippen MR) is 81.3 cm³/mol. The number of amides is 1. The number of nitrogens with two attached hydrogens (primary N) is 1. The van der Waals surface area contributed by atoms with Crippen molar-refractivity contribution >= 4 is 29.0 Å². The first-order valence-corrected chi connectivity index (χ1v) is 7.17. The molecular formula is C15H14F2N2OS. The number of thioether (sulfide) groups is 1. The lowest BCUT2D eigenvalue weighted by molar-refractivity contribution is -0.113. The monoisotopic (exact) mass is 308 g/mol. The molecule has 0 atom stereocenters. The lowest BCUT2D eigenvalue weighted by atomic mass is 10.2. The number of anilines is 2. The van der Waals surface area contributed by atoms with Crippen LogP contribution in [0, 0.1) is 18.6 Å². The molecule has 0 aliphatic rings. The number of nitrogen functional groups attached to an aromatic ring is 1. The van der Waals surface area contributed by atoms with Gasteiger partial charge in [0.25, 0.3) is 0 Å². The molecule has 0 fully saturated rings. The van der Waals surface area contributed by atoms with Gasteiger partial charge in [-0.1, -0.05) is 6.07 Å². The fourth-order valence-electron chi connectivity index (χ4n) is 1.73. The smallest absolute Gasteiger partial charge is 0.234 e. The highest BCUT2D eigenvalue weighted by molar-refractivity contribution is 8.00. The molecule has 2 rings (SSSR count). The highest BCUT2D eigenvalue weighted by Crippen LogP contribution is 2.26. The quantitative estimate of drug-likeness (QED) is 0.670. The van der Waals surface area contributed by atoms with E-state index < -0.39 is 11.6 Å². The van der Waals surface area contributed by atoms with Gasteiger partial charge in [-0.3, -0.25) is 4.79 Å². The van der Waals surface area contributed by atoms with Gasteiger partial charge in [-0.15, -0.1) is 11.8 Å². The van der Waals surface area contributed by atoms with E-state index in [9.17, 15) is 13.6 Å². The minimum Gasteiger partial charge on any atom is -0.398 e.